The van der Waals surface area contributed by atoms with Crippen LogP contribution in [0.2, 0.25) is 0 Å². The molecule has 4 fully saturated rings. The van der Waals surface area contributed by atoms with Gasteiger partial charge in [0, 0.05) is 48.3 Å². The van der Waals surface area contributed by atoms with Crippen LogP contribution in [-0.2, 0) is 0 Å². The highest BCUT2D eigenvalue weighted by Crippen LogP contribution is 2.44. The summed E-state index contributed by atoms with van der Waals surface area (Å²) < 4.78 is 52.3. The van der Waals surface area contributed by atoms with E-state index in [2.05, 4.69) is 20.7 Å². The number of aromatic hydroxyl groups is 1. The molecule has 3 aromatic carbocycles. The quantitative estimate of drug-likeness (QED) is 0.284. The number of ether oxygens (including phenoxy) is 1. The van der Waals surface area contributed by atoms with Crippen molar-refractivity contribution in [1.29, 1.82) is 0 Å². The summed E-state index contributed by atoms with van der Waals surface area (Å²) in [4.78, 5) is 13.6. The first-order valence-electron chi connectivity index (χ1n) is 15.6. The third kappa shape index (κ3) is 4.59. The van der Waals surface area contributed by atoms with Crippen LogP contribution in [0.5, 0.6) is 11.8 Å². The molecule has 1 saturated carbocycles. The molecule has 4 aliphatic rings. The van der Waals surface area contributed by atoms with Gasteiger partial charge in [0.1, 0.15) is 35.7 Å². The van der Waals surface area contributed by atoms with Crippen molar-refractivity contribution in [2.75, 3.05) is 37.7 Å². The average molecular weight is 615 g/mol. The number of aliphatic hydroxyl groups is 1. The molecule has 5 atom stereocenters. The number of aliphatic hydroxyl groups excluding tert-OH is 1. The van der Waals surface area contributed by atoms with Gasteiger partial charge in [0.05, 0.1) is 17.2 Å². The van der Waals surface area contributed by atoms with Crippen molar-refractivity contribution in [3.05, 3.63) is 53.6 Å². The molecule has 7 nitrogen and oxygen atoms in total. The molecule has 8 rings (SSSR count). The number of terminal acetylenes is 1. The van der Waals surface area contributed by atoms with Crippen molar-refractivity contribution >= 4 is 27.5 Å². The van der Waals surface area contributed by atoms with Gasteiger partial charge in [0.25, 0.3) is 0 Å². The number of hydrogen-bond acceptors (Lipinski definition) is 7. The molecule has 2 bridgehead atoms. The highest BCUT2D eigenvalue weighted by molar-refractivity contribution is 6.04. The molecule has 232 valence electrons. The smallest absolute Gasteiger partial charge is 0.319 e. The Labute approximate surface area is 258 Å². The van der Waals surface area contributed by atoms with E-state index in [4.69, 9.17) is 16.1 Å². The number of phenols is 1. The van der Waals surface area contributed by atoms with Crippen molar-refractivity contribution in [2.45, 2.75) is 49.9 Å². The van der Waals surface area contributed by atoms with Gasteiger partial charge in [-0.2, -0.15) is 9.97 Å². The van der Waals surface area contributed by atoms with Gasteiger partial charge in [-0.05, 0) is 73.4 Å². The molecule has 0 radical (unpaired) electrons. The predicted molar refractivity (Wildman–Crippen MR) is 165 cm³/mol. The van der Waals surface area contributed by atoms with Gasteiger partial charge in [0.2, 0.25) is 0 Å². The minimum atomic E-state index is -0.924. The monoisotopic (exact) mass is 614 g/mol. The fraction of sp³-hybridized carbons (Fsp3) is 0.429. The van der Waals surface area contributed by atoms with Crippen LogP contribution in [0.1, 0.15) is 37.7 Å². The molecule has 3 saturated heterocycles. The van der Waals surface area contributed by atoms with Crippen molar-refractivity contribution < 1.29 is 28.1 Å². The lowest BCUT2D eigenvalue weighted by Crippen LogP contribution is -2.43. The Bertz CT molecular complexity index is 1890. The number of piperidine rings is 1. The first-order chi connectivity index (χ1) is 21.7. The molecular formula is C35H33F3N4O3. The highest BCUT2D eigenvalue weighted by atomic mass is 19.1. The number of benzene rings is 3. The van der Waals surface area contributed by atoms with Crippen molar-refractivity contribution in [1.82, 2.24) is 14.9 Å². The van der Waals surface area contributed by atoms with Gasteiger partial charge in [0.15, 0.2) is 5.82 Å². The lowest BCUT2D eigenvalue weighted by Gasteiger charge is -2.34. The number of anilines is 1. The molecule has 0 spiro atoms. The Morgan fingerprint density at radius 2 is 1.93 bits per heavy atom. The standard InChI is InChI=1S/C35H33F3N4O3/c1-2-24-28(37)7-4-20-12-23(43)13-27(30(20)24)25-5-6-26-32(31(25)38)39-34(45-18-35-8-3-9-42(35)17-22(36)14-35)40-33(26)41-15-19-10-21(16-41)29(44)11-19/h1,4-7,12-13,19,21-22,29,43-44H,3,8-11,14-18H2/t19?,21?,22-,29?,35+/m1/s1. The second-order valence-electron chi connectivity index (χ2n) is 13.2. The van der Waals surface area contributed by atoms with Gasteiger partial charge in [-0.25, -0.2) is 13.2 Å². The van der Waals surface area contributed by atoms with Gasteiger partial charge in [-0.1, -0.05) is 18.1 Å². The number of fused-ring (bicyclic) bond motifs is 5. The van der Waals surface area contributed by atoms with Crippen LogP contribution >= 0.6 is 0 Å². The Kier molecular flexibility index (Phi) is 6.63. The topological polar surface area (TPSA) is 82.0 Å². The van der Waals surface area contributed by atoms with Gasteiger partial charge in [-0.15, -0.1) is 6.42 Å². The second kappa shape index (κ2) is 10.5. The van der Waals surface area contributed by atoms with E-state index in [1.54, 1.807) is 12.1 Å². The number of hydrogen-bond donors (Lipinski definition) is 2. The molecule has 10 heteroatoms. The summed E-state index contributed by atoms with van der Waals surface area (Å²) in [6.07, 6.45) is 8.15. The summed E-state index contributed by atoms with van der Waals surface area (Å²) in [7, 11) is 0. The SMILES string of the molecule is C#Cc1c(F)ccc2cc(O)cc(-c3ccc4c(N5CC6CC(O)C(C6)C5)nc(OC[C@@]56CCCN5C[C@H](F)C6)nc4c3F)c12. The number of phenolic OH excluding ortho intramolecular Hbond substituents is 1. The van der Waals surface area contributed by atoms with Gasteiger partial charge < -0.3 is 19.8 Å². The van der Waals surface area contributed by atoms with Crippen molar-refractivity contribution in [3.8, 4) is 35.2 Å². The maximum atomic E-state index is 16.8. The largest absolute Gasteiger partial charge is 0.508 e. The zero-order valence-corrected chi connectivity index (χ0v) is 24.6. The van der Waals surface area contributed by atoms with E-state index < -0.39 is 23.3 Å². The zero-order chi connectivity index (χ0) is 31.0. The molecule has 0 amide bonds. The maximum Gasteiger partial charge on any atom is 0.319 e. The summed E-state index contributed by atoms with van der Waals surface area (Å²) in [5, 5.41) is 22.4. The van der Waals surface area contributed by atoms with Gasteiger partial charge >= 0.3 is 6.01 Å². The lowest BCUT2D eigenvalue weighted by atomic mass is 9.93. The summed E-state index contributed by atoms with van der Waals surface area (Å²) in [5.74, 6) is 1.84. The van der Waals surface area contributed by atoms with Crippen molar-refractivity contribution in [2.24, 2.45) is 11.8 Å². The minimum Gasteiger partial charge on any atom is -0.508 e. The fourth-order valence-corrected chi connectivity index (χ4v) is 8.47. The molecule has 1 aromatic heterocycles. The predicted octanol–water partition coefficient (Wildman–Crippen LogP) is 5.58. The summed E-state index contributed by atoms with van der Waals surface area (Å²) in [6, 6.07) is 8.85. The Hall–Kier alpha value is -4.07. The van der Waals surface area contributed by atoms with E-state index in [1.807, 2.05) is 0 Å². The van der Waals surface area contributed by atoms with Crippen LogP contribution in [-0.4, -0.2) is 75.7 Å². The molecule has 3 aliphatic heterocycles. The Morgan fingerprint density at radius 3 is 2.76 bits per heavy atom. The van der Waals surface area contributed by atoms with E-state index in [0.29, 0.717) is 60.4 Å². The van der Waals surface area contributed by atoms with Crippen LogP contribution in [0.3, 0.4) is 0 Å². The summed E-state index contributed by atoms with van der Waals surface area (Å²) >= 11 is 0. The average Bonchev–Trinajstić information content (AvgIpc) is 3.63. The van der Waals surface area contributed by atoms with E-state index in [0.717, 1.165) is 25.8 Å². The molecule has 4 heterocycles. The fourth-order valence-electron chi connectivity index (χ4n) is 8.47. The van der Waals surface area contributed by atoms with Crippen molar-refractivity contribution in [3.63, 3.8) is 0 Å². The van der Waals surface area contributed by atoms with E-state index >= 15 is 4.39 Å². The number of aromatic nitrogens is 2. The molecule has 4 aromatic rings. The Balaban J connectivity index is 1.27. The van der Waals surface area contributed by atoms with E-state index in [1.165, 1.54) is 24.3 Å². The number of alkyl halides is 1. The molecular weight excluding hydrogens is 581 g/mol. The molecule has 3 unspecified atom stereocenters. The normalized spacial score (nSPS) is 27.8. The summed E-state index contributed by atoms with van der Waals surface area (Å²) in [6.45, 7) is 2.60. The third-order valence-corrected chi connectivity index (χ3v) is 10.5. The number of halogens is 3. The first kappa shape index (κ1) is 28.4. The maximum absolute atomic E-state index is 16.8. The van der Waals surface area contributed by atoms with Crippen LogP contribution < -0.4 is 9.64 Å². The highest BCUT2D eigenvalue weighted by Gasteiger charge is 2.49. The van der Waals surface area contributed by atoms with E-state index in [9.17, 15) is 19.0 Å². The number of rotatable bonds is 5. The molecule has 2 N–H and O–H groups in total. The number of nitrogens with zero attached hydrogens (tertiary/aromatic N) is 4. The molecule has 1 aliphatic carbocycles. The van der Waals surface area contributed by atoms with Crippen LogP contribution in [0.4, 0.5) is 19.0 Å². The first-order valence-corrected chi connectivity index (χ1v) is 15.6. The molecule has 45 heavy (non-hydrogen) atoms. The second-order valence-corrected chi connectivity index (χ2v) is 13.2. The lowest BCUT2D eigenvalue weighted by molar-refractivity contribution is 0.107. The summed E-state index contributed by atoms with van der Waals surface area (Å²) in [5.41, 5.74) is -0.134. The van der Waals surface area contributed by atoms with Crippen LogP contribution in [0, 0.1) is 35.8 Å². The van der Waals surface area contributed by atoms with Crippen LogP contribution in [0.15, 0.2) is 36.4 Å². The zero-order valence-electron chi connectivity index (χ0n) is 24.6. The van der Waals surface area contributed by atoms with Gasteiger partial charge in [-0.3, -0.25) is 4.90 Å². The Morgan fingerprint density at radius 1 is 1.07 bits per heavy atom. The minimum absolute atomic E-state index is 0.00771. The third-order valence-electron chi connectivity index (χ3n) is 10.5. The van der Waals surface area contributed by atoms with E-state index in [-0.39, 0.29) is 52.6 Å². The van der Waals surface area contributed by atoms with Crippen LogP contribution in [0.25, 0.3) is 32.8 Å².